The van der Waals surface area contributed by atoms with Crippen LogP contribution in [-0.2, 0) is 0 Å². The van der Waals surface area contributed by atoms with Crippen LogP contribution in [0, 0.1) is 0 Å². The lowest BCUT2D eigenvalue weighted by Crippen LogP contribution is -2.25. The number of amides is 1. The van der Waals surface area contributed by atoms with E-state index in [1.165, 1.54) is 0 Å². The molecule has 0 saturated heterocycles. The Bertz CT molecular complexity index is 436. The average molecular weight is 232 g/mol. The molecule has 1 N–H and O–H groups in total. The lowest BCUT2D eigenvalue weighted by molar-refractivity contribution is 0.0954. The number of nitrogens with one attached hydrogen (secondary N) is 1. The third-order valence-corrected chi connectivity index (χ3v) is 2.38. The van der Waals surface area contributed by atoms with Crippen LogP contribution in [0.25, 0.3) is 10.4 Å². The second-order valence-corrected chi connectivity index (χ2v) is 3.99. The molecule has 0 bridgehead atoms. The molecule has 0 fully saturated rings. The molecule has 5 heteroatoms. The van der Waals surface area contributed by atoms with Crippen LogP contribution in [0.4, 0.5) is 0 Å². The van der Waals surface area contributed by atoms with Gasteiger partial charge >= 0.3 is 0 Å². The third-order valence-electron chi connectivity index (χ3n) is 2.38. The second kappa shape index (κ2) is 6.55. The molecule has 0 aliphatic carbocycles. The van der Waals surface area contributed by atoms with Crippen molar-refractivity contribution in [2.75, 3.05) is 13.1 Å². The summed E-state index contributed by atoms with van der Waals surface area (Å²) in [6.07, 6.45) is 0. The number of hydrogen-bond donors (Lipinski definition) is 1. The molecule has 0 atom stereocenters. The van der Waals surface area contributed by atoms with Gasteiger partial charge in [-0.15, -0.1) is 0 Å². The fourth-order valence-electron chi connectivity index (χ4n) is 1.41. The van der Waals surface area contributed by atoms with Crippen molar-refractivity contribution in [1.29, 1.82) is 0 Å². The van der Waals surface area contributed by atoms with Gasteiger partial charge in [-0.3, -0.25) is 4.79 Å². The number of hydrogen-bond acceptors (Lipinski definition) is 2. The highest BCUT2D eigenvalue weighted by atomic mass is 16.1. The van der Waals surface area contributed by atoms with Gasteiger partial charge in [-0.1, -0.05) is 31.1 Å². The van der Waals surface area contributed by atoms with Gasteiger partial charge in [-0.05, 0) is 29.1 Å². The van der Waals surface area contributed by atoms with Crippen LogP contribution in [0.1, 0.15) is 35.7 Å². The number of rotatable bonds is 5. The van der Waals surface area contributed by atoms with E-state index < -0.39 is 0 Å². The predicted octanol–water partition coefficient (Wildman–Crippen LogP) is 2.85. The Morgan fingerprint density at radius 2 is 2.29 bits per heavy atom. The van der Waals surface area contributed by atoms with Crippen LogP contribution in [0.3, 0.4) is 0 Å². The third kappa shape index (κ3) is 4.17. The van der Waals surface area contributed by atoms with Crippen LogP contribution < -0.4 is 5.32 Å². The van der Waals surface area contributed by atoms with E-state index in [0.717, 1.165) is 5.56 Å². The summed E-state index contributed by atoms with van der Waals surface area (Å²) in [6.45, 7) is 4.79. The number of benzene rings is 1. The topological polar surface area (TPSA) is 77.9 Å². The van der Waals surface area contributed by atoms with E-state index >= 15 is 0 Å². The Morgan fingerprint density at radius 3 is 2.94 bits per heavy atom. The number of azide groups is 1. The van der Waals surface area contributed by atoms with Crippen molar-refractivity contribution in [2.45, 2.75) is 19.8 Å². The van der Waals surface area contributed by atoms with E-state index in [2.05, 4.69) is 29.2 Å². The van der Waals surface area contributed by atoms with E-state index in [0.29, 0.717) is 18.0 Å². The molecule has 1 aromatic carbocycles. The molecule has 0 aromatic heterocycles. The zero-order chi connectivity index (χ0) is 12.7. The molecule has 17 heavy (non-hydrogen) atoms. The van der Waals surface area contributed by atoms with Crippen molar-refractivity contribution in [2.24, 2.45) is 5.11 Å². The summed E-state index contributed by atoms with van der Waals surface area (Å²) >= 11 is 0. The first-order chi connectivity index (χ1) is 8.15. The zero-order valence-electron chi connectivity index (χ0n) is 10.1. The Balaban J connectivity index is 2.62. The van der Waals surface area contributed by atoms with Crippen molar-refractivity contribution in [1.82, 2.24) is 5.32 Å². The SMILES string of the molecule is CC(C)c1cccc(C(=O)NCCN=[N+]=[N-])c1. The predicted molar refractivity (Wildman–Crippen MR) is 66.9 cm³/mol. The highest BCUT2D eigenvalue weighted by Gasteiger charge is 2.06. The molecule has 1 rings (SSSR count). The van der Waals surface area contributed by atoms with Gasteiger partial charge in [0.25, 0.3) is 5.91 Å². The van der Waals surface area contributed by atoms with Crippen LogP contribution in [0.2, 0.25) is 0 Å². The van der Waals surface area contributed by atoms with E-state index in [9.17, 15) is 4.79 Å². The van der Waals surface area contributed by atoms with Crippen molar-refractivity contribution < 1.29 is 4.79 Å². The van der Waals surface area contributed by atoms with Gasteiger partial charge in [0.05, 0.1) is 0 Å². The first-order valence-electron chi connectivity index (χ1n) is 5.54. The Morgan fingerprint density at radius 1 is 1.53 bits per heavy atom. The fourth-order valence-corrected chi connectivity index (χ4v) is 1.41. The van der Waals surface area contributed by atoms with Crippen molar-refractivity contribution in [3.05, 3.63) is 45.8 Å². The second-order valence-electron chi connectivity index (χ2n) is 3.99. The van der Waals surface area contributed by atoms with Gasteiger partial charge in [-0.2, -0.15) is 0 Å². The maximum absolute atomic E-state index is 11.7. The van der Waals surface area contributed by atoms with Crippen LogP contribution in [-0.4, -0.2) is 19.0 Å². The molecule has 0 heterocycles. The molecule has 0 unspecified atom stereocenters. The van der Waals surface area contributed by atoms with Crippen molar-refractivity contribution >= 4 is 5.91 Å². The molecule has 0 aliphatic heterocycles. The Labute approximate surface area is 100 Å². The molecule has 0 saturated carbocycles. The largest absolute Gasteiger partial charge is 0.352 e. The van der Waals surface area contributed by atoms with E-state index in [1.54, 1.807) is 6.07 Å². The summed E-state index contributed by atoms with van der Waals surface area (Å²) in [6, 6.07) is 7.53. The van der Waals surface area contributed by atoms with Crippen LogP contribution in [0.15, 0.2) is 29.4 Å². The highest BCUT2D eigenvalue weighted by molar-refractivity contribution is 5.94. The van der Waals surface area contributed by atoms with Crippen LogP contribution in [0.5, 0.6) is 0 Å². The summed E-state index contributed by atoms with van der Waals surface area (Å²) in [4.78, 5) is 14.4. The maximum atomic E-state index is 11.7. The van der Waals surface area contributed by atoms with Gasteiger partial charge < -0.3 is 5.32 Å². The number of carbonyl (C=O) groups excluding carboxylic acids is 1. The molecular formula is C12H16N4O. The monoisotopic (exact) mass is 232 g/mol. The molecule has 1 aromatic rings. The van der Waals surface area contributed by atoms with E-state index in [-0.39, 0.29) is 12.5 Å². The lowest BCUT2D eigenvalue weighted by atomic mass is 10.0. The Hall–Kier alpha value is -2.00. The molecular weight excluding hydrogens is 216 g/mol. The highest BCUT2D eigenvalue weighted by Crippen LogP contribution is 2.15. The molecule has 0 aliphatic rings. The van der Waals surface area contributed by atoms with Crippen LogP contribution >= 0.6 is 0 Å². The average Bonchev–Trinajstić information content (AvgIpc) is 2.34. The van der Waals surface area contributed by atoms with Gasteiger partial charge in [0, 0.05) is 23.6 Å². The zero-order valence-corrected chi connectivity index (χ0v) is 10.1. The number of carbonyl (C=O) groups is 1. The molecule has 90 valence electrons. The number of nitrogens with zero attached hydrogens (tertiary/aromatic N) is 3. The van der Waals surface area contributed by atoms with Gasteiger partial charge in [-0.25, -0.2) is 0 Å². The smallest absolute Gasteiger partial charge is 0.251 e. The summed E-state index contributed by atoms with van der Waals surface area (Å²) in [5, 5.41) is 6.05. The summed E-state index contributed by atoms with van der Waals surface area (Å²) < 4.78 is 0. The summed E-state index contributed by atoms with van der Waals surface area (Å²) in [5.74, 6) is 0.256. The standard InChI is InChI=1S/C12H16N4O/c1-9(2)10-4-3-5-11(8-10)12(17)14-6-7-15-16-13/h3-5,8-9H,6-7H2,1-2H3,(H,14,17). The summed E-state index contributed by atoms with van der Waals surface area (Å²) in [5.41, 5.74) is 9.86. The molecule has 5 nitrogen and oxygen atoms in total. The molecule has 1 amide bonds. The minimum absolute atomic E-state index is 0.138. The molecule has 0 radical (unpaired) electrons. The van der Waals surface area contributed by atoms with Gasteiger partial charge in [0.1, 0.15) is 0 Å². The summed E-state index contributed by atoms with van der Waals surface area (Å²) in [7, 11) is 0. The van der Waals surface area contributed by atoms with Gasteiger partial charge in [0.15, 0.2) is 0 Å². The minimum Gasteiger partial charge on any atom is -0.352 e. The first-order valence-corrected chi connectivity index (χ1v) is 5.54. The fraction of sp³-hybridized carbons (Fsp3) is 0.417. The lowest BCUT2D eigenvalue weighted by Gasteiger charge is -2.08. The first kappa shape index (κ1) is 13.1. The van der Waals surface area contributed by atoms with E-state index in [4.69, 9.17) is 5.53 Å². The van der Waals surface area contributed by atoms with E-state index in [1.807, 2.05) is 18.2 Å². The normalized spacial score (nSPS) is 9.82. The quantitative estimate of drug-likeness (QED) is 0.360. The minimum atomic E-state index is -0.138. The van der Waals surface area contributed by atoms with Crippen molar-refractivity contribution in [3.63, 3.8) is 0 Å². The molecule has 0 spiro atoms. The van der Waals surface area contributed by atoms with Crippen molar-refractivity contribution in [3.8, 4) is 0 Å². The Kier molecular flexibility index (Phi) is 5.04. The maximum Gasteiger partial charge on any atom is 0.251 e. The van der Waals surface area contributed by atoms with Gasteiger partial charge in [0.2, 0.25) is 0 Å².